The fraction of sp³-hybridized carbons (Fsp3) is 0.933. The minimum absolute atomic E-state index is 0.0185. The maximum absolute atomic E-state index is 11.3. The average molecular weight is 323 g/mol. The summed E-state index contributed by atoms with van der Waals surface area (Å²) in [7, 11) is 2.52. The highest BCUT2D eigenvalue weighted by atomic mass is 32.2. The van der Waals surface area contributed by atoms with Crippen molar-refractivity contribution >= 4 is 16.4 Å². The van der Waals surface area contributed by atoms with Crippen LogP contribution in [0.4, 0.5) is 0 Å². The molecule has 0 heterocycles. The van der Waals surface area contributed by atoms with Crippen molar-refractivity contribution < 1.29 is 17.4 Å². The second kappa shape index (κ2) is 12.1. The van der Waals surface area contributed by atoms with E-state index in [0.29, 0.717) is 12.8 Å². The highest BCUT2D eigenvalue weighted by Gasteiger charge is 2.30. The van der Waals surface area contributed by atoms with Crippen LogP contribution in [0.1, 0.15) is 52.4 Å². The molecule has 0 amide bonds. The van der Waals surface area contributed by atoms with E-state index >= 15 is 0 Å². The lowest BCUT2D eigenvalue weighted by Crippen LogP contribution is -2.30. The van der Waals surface area contributed by atoms with E-state index in [0.717, 1.165) is 38.2 Å². The molecule has 0 bridgehead atoms. The van der Waals surface area contributed by atoms with E-state index < -0.39 is 15.5 Å². The van der Waals surface area contributed by atoms with Gasteiger partial charge in [0.15, 0.2) is 0 Å². The number of hydrogen-bond donors (Lipinski definition) is 0. The standard InChI is InChI=1S/C12H24O4S.C3H9N/c1-4-6-8-12(10-13,9-7-5-2)11-16-17(3,14)15;1-4(2)3/h10H,4-9,11H2,1-3H3;1-3H3. The van der Waals surface area contributed by atoms with Crippen LogP contribution in [-0.4, -0.2) is 53.6 Å². The van der Waals surface area contributed by atoms with Gasteiger partial charge in [-0.3, -0.25) is 4.18 Å². The third-order valence-corrected chi connectivity index (χ3v) is 3.41. The van der Waals surface area contributed by atoms with Crippen LogP contribution in [0.2, 0.25) is 0 Å². The number of carbonyl (C=O) groups excluding carboxylic acids is 1. The van der Waals surface area contributed by atoms with Crippen LogP contribution in [0, 0.1) is 5.41 Å². The lowest BCUT2D eigenvalue weighted by atomic mass is 9.80. The molecule has 128 valence electrons. The molecule has 0 unspecified atom stereocenters. The summed E-state index contributed by atoms with van der Waals surface area (Å²) in [4.78, 5) is 13.3. The molecular weight excluding hydrogens is 290 g/mol. The Morgan fingerprint density at radius 1 is 1.05 bits per heavy atom. The Kier molecular flexibility index (Phi) is 13.2. The van der Waals surface area contributed by atoms with Crippen LogP contribution in [0.5, 0.6) is 0 Å². The van der Waals surface area contributed by atoms with Crippen molar-refractivity contribution in [1.29, 1.82) is 0 Å². The molecule has 0 aliphatic carbocycles. The number of rotatable bonds is 10. The van der Waals surface area contributed by atoms with Crippen LogP contribution in [-0.2, 0) is 19.1 Å². The first-order valence-electron chi connectivity index (χ1n) is 7.54. The Balaban J connectivity index is 0. The summed E-state index contributed by atoms with van der Waals surface area (Å²) in [5.41, 5.74) is -0.630. The molecule has 0 radical (unpaired) electrons. The molecule has 0 atom stereocenters. The van der Waals surface area contributed by atoms with Crippen molar-refractivity contribution in [3.8, 4) is 0 Å². The third kappa shape index (κ3) is 15.7. The van der Waals surface area contributed by atoms with Gasteiger partial charge in [-0.2, -0.15) is 8.42 Å². The van der Waals surface area contributed by atoms with Crippen molar-refractivity contribution in [3.05, 3.63) is 0 Å². The monoisotopic (exact) mass is 323 g/mol. The Morgan fingerprint density at radius 3 is 1.67 bits per heavy atom. The molecule has 6 heteroatoms. The van der Waals surface area contributed by atoms with Crippen LogP contribution in [0.3, 0.4) is 0 Å². The van der Waals surface area contributed by atoms with E-state index in [1.807, 2.05) is 39.9 Å². The second-order valence-electron chi connectivity index (χ2n) is 6.00. The van der Waals surface area contributed by atoms with E-state index in [2.05, 4.69) is 0 Å². The second-order valence-corrected chi connectivity index (χ2v) is 7.64. The molecule has 0 N–H and O–H groups in total. The van der Waals surface area contributed by atoms with Gasteiger partial charge in [0.25, 0.3) is 10.1 Å². The SMILES string of the molecule is CCCCC(C=O)(CCCC)COS(C)(=O)=O.CN(C)C. The van der Waals surface area contributed by atoms with Gasteiger partial charge < -0.3 is 9.69 Å². The average Bonchev–Trinajstić information content (AvgIpc) is 2.37. The first-order chi connectivity index (χ1) is 9.62. The van der Waals surface area contributed by atoms with Crippen molar-refractivity contribution in [2.24, 2.45) is 5.41 Å². The molecule has 0 saturated heterocycles. The summed E-state index contributed by atoms with van der Waals surface area (Å²) in [6, 6.07) is 0. The number of aldehydes is 1. The summed E-state index contributed by atoms with van der Waals surface area (Å²) in [5, 5.41) is 0. The van der Waals surface area contributed by atoms with E-state index in [1.165, 1.54) is 0 Å². The molecule has 0 saturated carbocycles. The smallest absolute Gasteiger partial charge is 0.264 e. The quantitative estimate of drug-likeness (QED) is 0.457. The molecule has 0 aliphatic heterocycles. The minimum Gasteiger partial charge on any atom is -0.312 e. The molecule has 0 aromatic rings. The zero-order valence-electron chi connectivity index (χ0n) is 14.5. The Hall–Kier alpha value is -0.460. The maximum atomic E-state index is 11.3. The third-order valence-electron chi connectivity index (χ3n) is 2.87. The zero-order chi connectivity index (χ0) is 16.9. The Bertz CT molecular complexity index is 342. The van der Waals surface area contributed by atoms with E-state index in [4.69, 9.17) is 4.18 Å². The molecule has 0 fully saturated rings. The summed E-state index contributed by atoms with van der Waals surface area (Å²) >= 11 is 0. The van der Waals surface area contributed by atoms with Crippen LogP contribution < -0.4 is 0 Å². The van der Waals surface area contributed by atoms with Gasteiger partial charge in [-0.25, -0.2) is 0 Å². The summed E-state index contributed by atoms with van der Waals surface area (Å²) in [5.74, 6) is 0. The largest absolute Gasteiger partial charge is 0.312 e. The predicted molar refractivity (Wildman–Crippen MR) is 88.0 cm³/mol. The molecule has 0 rings (SSSR count). The number of unbranched alkanes of at least 4 members (excludes halogenated alkanes) is 2. The minimum atomic E-state index is -3.48. The van der Waals surface area contributed by atoms with Gasteiger partial charge in [0, 0.05) is 0 Å². The molecule has 0 spiro atoms. The maximum Gasteiger partial charge on any atom is 0.264 e. The highest BCUT2D eigenvalue weighted by Crippen LogP contribution is 2.29. The summed E-state index contributed by atoms with van der Waals surface area (Å²) in [6.07, 6.45) is 7.09. The van der Waals surface area contributed by atoms with Crippen molar-refractivity contribution in [1.82, 2.24) is 4.90 Å². The van der Waals surface area contributed by atoms with E-state index in [1.54, 1.807) is 0 Å². The van der Waals surface area contributed by atoms with E-state index in [-0.39, 0.29) is 6.61 Å². The normalized spacial score (nSPS) is 12.0. The molecular formula is C15H33NO4S. The number of nitrogens with zero attached hydrogens (tertiary/aromatic N) is 1. The van der Waals surface area contributed by atoms with Gasteiger partial charge in [-0.05, 0) is 34.0 Å². The topological polar surface area (TPSA) is 63.7 Å². The van der Waals surface area contributed by atoms with Gasteiger partial charge in [-0.15, -0.1) is 0 Å². The number of hydrogen-bond acceptors (Lipinski definition) is 5. The molecule has 0 aromatic heterocycles. The van der Waals surface area contributed by atoms with Crippen LogP contribution in [0.15, 0.2) is 0 Å². The lowest BCUT2D eigenvalue weighted by Gasteiger charge is -2.27. The van der Waals surface area contributed by atoms with Crippen LogP contribution in [0.25, 0.3) is 0 Å². The molecule has 0 aromatic carbocycles. The van der Waals surface area contributed by atoms with Gasteiger partial charge in [-0.1, -0.05) is 39.5 Å². The van der Waals surface area contributed by atoms with Crippen LogP contribution >= 0.6 is 0 Å². The lowest BCUT2D eigenvalue weighted by molar-refractivity contribution is -0.118. The fourth-order valence-corrected chi connectivity index (χ4v) is 2.15. The van der Waals surface area contributed by atoms with Crippen molar-refractivity contribution in [3.63, 3.8) is 0 Å². The first-order valence-corrected chi connectivity index (χ1v) is 9.35. The summed E-state index contributed by atoms with van der Waals surface area (Å²) in [6.45, 7) is 4.08. The summed E-state index contributed by atoms with van der Waals surface area (Å²) < 4.78 is 26.8. The predicted octanol–water partition coefficient (Wildman–Crippen LogP) is 2.71. The number of carbonyl (C=O) groups is 1. The fourth-order valence-electron chi connectivity index (χ4n) is 1.70. The molecule has 5 nitrogen and oxygen atoms in total. The van der Waals surface area contributed by atoms with Crippen molar-refractivity contribution in [2.45, 2.75) is 52.4 Å². The van der Waals surface area contributed by atoms with Gasteiger partial charge in [0.05, 0.1) is 18.3 Å². The van der Waals surface area contributed by atoms with Crippen molar-refractivity contribution in [2.75, 3.05) is 34.0 Å². The highest BCUT2D eigenvalue weighted by molar-refractivity contribution is 7.85. The first kappa shape index (κ1) is 22.8. The van der Waals surface area contributed by atoms with Gasteiger partial charge in [0.1, 0.15) is 6.29 Å². The Labute approximate surface area is 131 Å². The Morgan fingerprint density at radius 2 is 1.43 bits per heavy atom. The molecule has 21 heavy (non-hydrogen) atoms. The van der Waals surface area contributed by atoms with Gasteiger partial charge >= 0.3 is 0 Å². The van der Waals surface area contributed by atoms with Gasteiger partial charge in [0.2, 0.25) is 0 Å². The zero-order valence-corrected chi connectivity index (χ0v) is 15.3. The molecule has 0 aliphatic rings. The van der Waals surface area contributed by atoms with E-state index in [9.17, 15) is 13.2 Å².